The Bertz CT molecular complexity index is 544. The highest BCUT2D eigenvalue weighted by atomic mass is 127. The summed E-state index contributed by atoms with van der Waals surface area (Å²) in [7, 11) is 0. The molecule has 0 fully saturated rings. The first-order valence-corrected chi connectivity index (χ1v) is 4.82. The molecule has 0 amide bonds. The largest absolute Gasteiger partial charge is 0.297 e. The minimum absolute atomic E-state index is 0.162. The first-order chi connectivity index (χ1) is 7.61. The van der Waals surface area contributed by atoms with Gasteiger partial charge in [-0.2, -0.15) is 9.98 Å². The van der Waals surface area contributed by atoms with E-state index in [0.29, 0.717) is 0 Å². The molecule has 0 aliphatic heterocycles. The summed E-state index contributed by atoms with van der Waals surface area (Å²) in [6.45, 7) is 0. The van der Waals surface area contributed by atoms with Gasteiger partial charge in [-0.3, -0.25) is 10.1 Å². The van der Waals surface area contributed by atoms with Crippen molar-refractivity contribution in [1.29, 1.82) is 0 Å². The van der Waals surface area contributed by atoms with Gasteiger partial charge in [0, 0.05) is 6.07 Å². The Morgan fingerprint density at radius 1 is 1.25 bits per heavy atom. The molecular weight excluding hydrogens is 329 g/mol. The van der Waals surface area contributed by atoms with E-state index in [1.54, 1.807) is 22.6 Å². The van der Waals surface area contributed by atoms with Crippen molar-refractivity contribution in [3.63, 3.8) is 0 Å². The maximum absolute atomic E-state index is 10.6. The summed E-state index contributed by atoms with van der Waals surface area (Å²) in [5.74, 6) is 0. The lowest BCUT2D eigenvalue weighted by Gasteiger charge is -2.00. The minimum atomic E-state index is -0.688. The van der Waals surface area contributed by atoms with Gasteiger partial charge in [0.05, 0.1) is 14.2 Å². The van der Waals surface area contributed by atoms with E-state index in [4.69, 9.17) is 0 Å². The summed E-state index contributed by atoms with van der Waals surface area (Å²) in [6.07, 6.45) is 2.52. The van der Waals surface area contributed by atoms with Crippen molar-refractivity contribution in [3.8, 4) is 0 Å². The monoisotopic (exact) mass is 331 g/mol. The van der Waals surface area contributed by atoms with Gasteiger partial charge in [-0.05, 0) is 28.7 Å². The van der Waals surface area contributed by atoms with Crippen molar-refractivity contribution in [2.24, 2.45) is 9.98 Å². The van der Waals surface area contributed by atoms with Crippen LogP contribution in [0.2, 0.25) is 0 Å². The van der Waals surface area contributed by atoms with Gasteiger partial charge in [0.15, 0.2) is 5.69 Å². The number of rotatable bonds is 3. The van der Waals surface area contributed by atoms with Crippen LogP contribution in [0.3, 0.4) is 0 Å². The Kier molecular flexibility index (Phi) is 4.01. The molecule has 0 bridgehead atoms. The molecule has 1 rings (SSSR count). The fourth-order valence-electron chi connectivity index (χ4n) is 0.979. The van der Waals surface area contributed by atoms with E-state index in [9.17, 15) is 19.7 Å². The molecule has 0 aromatic heterocycles. The summed E-state index contributed by atoms with van der Waals surface area (Å²) >= 11 is 1.70. The lowest BCUT2D eigenvalue weighted by molar-refractivity contribution is -0.384. The SMILES string of the molecule is O=C=Nc1ccc([N+](=O)[O-])c(N=C=O)c1I. The van der Waals surface area contributed by atoms with Gasteiger partial charge in [-0.1, -0.05) is 0 Å². The molecular formula is C8H2IN3O4. The zero-order chi connectivity index (χ0) is 12.1. The molecule has 0 spiro atoms. The van der Waals surface area contributed by atoms with Gasteiger partial charge in [0.2, 0.25) is 12.2 Å². The number of nitro benzene ring substituents is 1. The van der Waals surface area contributed by atoms with Crippen LogP contribution in [0, 0.1) is 13.7 Å². The van der Waals surface area contributed by atoms with E-state index in [-0.39, 0.29) is 20.6 Å². The van der Waals surface area contributed by atoms with Crippen LogP contribution in [0.15, 0.2) is 22.1 Å². The zero-order valence-corrected chi connectivity index (χ0v) is 9.66. The molecule has 1 aromatic rings. The van der Waals surface area contributed by atoms with Gasteiger partial charge in [-0.25, -0.2) is 9.59 Å². The summed E-state index contributed by atoms with van der Waals surface area (Å²) in [5, 5.41) is 10.6. The quantitative estimate of drug-likeness (QED) is 0.278. The molecule has 0 saturated heterocycles. The molecule has 7 nitrogen and oxygen atoms in total. The smallest absolute Gasteiger partial charge is 0.258 e. The standard InChI is InChI=1S/C8H2IN3O4/c9-7-5(10-3-13)1-2-6(12(15)16)8(7)11-4-14/h1-2H. The predicted molar refractivity (Wildman–Crippen MR) is 61.4 cm³/mol. The number of hydrogen-bond donors (Lipinski definition) is 0. The third kappa shape index (κ3) is 2.37. The molecule has 0 heterocycles. The van der Waals surface area contributed by atoms with Crippen molar-refractivity contribution in [2.45, 2.75) is 0 Å². The second-order valence-electron chi connectivity index (χ2n) is 2.43. The van der Waals surface area contributed by atoms with Crippen molar-refractivity contribution in [2.75, 3.05) is 0 Å². The predicted octanol–water partition coefficient (Wildman–Crippen LogP) is 2.13. The van der Waals surface area contributed by atoms with Crippen molar-refractivity contribution in [1.82, 2.24) is 0 Å². The fourth-order valence-corrected chi connectivity index (χ4v) is 1.68. The van der Waals surface area contributed by atoms with E-state index in [0.717, 1.165) is 6.07 Å². The highest BCUT2D eigenvalue weighted by Crippen LogP contribution is 2.37. The first-order valence-electron chi connectivity index (χ1n) is 3.74. The molecule has 0 radical (unpaired) electrons. The average molecular weight is 331 g/mol. The van der Waals surface area contributed by atoms with Crippen LogP contribution in [-0.4, -0.2) is 17.1 Å². The molecule has 0 atom stereocenters. The van der Waals surface area contributed by atoms with Gasteiger partial charge >= 0.3 is 0 Å². The molecule has 0 saturated carbocycles. The second kappa shape index (κ2) is 5.26. The number of carbonyl (C=O) groups excluding carboxylic acids is 2. The highest BCUT2D eigenvalue weighted by molar-refractivity contribution is 14.1. The minimum Gasteiger partial charge on any atom is -0.258 e. The van der Waals surface area contributed by atoms with Gasteiger partial charge < -0.3 is 0 Å². The number of aliphatic imine (C=N–C) groups is 2. The number of halogens is 1. The maximum Gasteiger partial charge on any atom is 0.297 e. The van der Waals surface area contributed by atoms with E-state index in [1.807, 2.05) is 0 Å². The summed E-state index contributed by atoms with van der Waals surface area (Å²) in [6, 6.07) is 2.38. The summed E-state index contributed by atoms with van der Waals surface area (Å²) < 4.78 is 0.221. The summed E-state index contributed by atoms with van der Waals surface area (Å²) in [4.78, 5) is 36.7. The molecule has 0 aliphatic rings. The van der Waals surface area contributed by atoms with Gasteiger partial charge in [0.1, 0.15) is 0 Å². The van der Waals surface area contributed by atoms with Crippen LogP contribution >= 0.6 is 22.6 Å². The molecule has 1 aromatic carbocycles. The lowest BCUT2D eigenvalue weighted by Crippen LogP contribution is -1.90. The van der Waals surface area contributed by atoms with Crippen molar-refractivity contribution < 1.29 is 14.5 Å². The van der Waals surface area contributed by atoms with E-state index >= 15 is 0 Å². The highest BCUT2D eigenvalue weighted by Gasteiger charge is 2.19. The Labute approximate surface area is 102 Å². The number of isocyanates is 2. The number of nitrogens with zero attached hydrogens (tertiary/aromatic N) is 3. The van der Waals surface area contributed by atoms with Crippen LogP contribution in [-0.2, 0) is 9.59 Å². The van der Waals surface area contributed by atoms with Crippen LogP contribution < -0.4 is 0 Å². The van der Waals surface area contributed by atoms with Crippen LogP contribution in [0.25, 0.3) is 0 Å². The lowest BCUT2D eigenvalue weighted by atomic mass is 10.2. The third-order valence-electron chi connectivity index (χ3n) is 1.59. The molecule has 0 unspecified atom stereocenters. The van der Waals surface area contributed by atoms with Gasteiger partial charge in [0.25, 0.3) is 5.69 Å². The Morgan fingerprint density at radius 3 is 2.38 bits per heavy atom. The topological polar surface area (TPSA) is 102 Å². The van der Waals surface area contributed by atoms with E-state index in [2.05, 4.69) is 9.98 Å². The maximum atomic E-state index is 10.6. The number of nitro groups is 1. The van der Waals surface area contributed by atoms with E-state index in [1.165, 1.54) is 18.2 Å². The van der Waals surface area contributed by atoms with Crippen LogP contribution in [0.5, 0.6) is 0 Å². The Balaban J connectivity index is 3.59. The molecule has 0 N–H and O–H groups in total. The van der Waals surface area contributed by atoms with E-state index < -0.39 is 4.92 Å². The first kappa shape index (κ1) is 12.2. The Hall–Kier alpha value is -1.89. The van der Waals surface area contributed by atoms with Crippen molar-refractivity contribution in [3.05, 3.63) is 25.8 Å². The van der Waals surface area contributed by atoms with Gasteiger partial charge in [-0.15, -0.1) is 0 Å². The number of benzene rings is 1. The molecule has 80 valence electrons. The van der Waals surface area contributed by atoms with Crippen molar-refractivity contribution >= 4 is 51.8 Å². The molecule has 16 heavy (non-hydrogen) atoms. The number of hydrogen-bond acceptors (Lipinski definition) is 6. The second-order valence-corrected chi connectivity index (χ2v) is 3.51. The normalized spacial score (nSPS) is 8.81. The molecule has 0 aliphatic carbocycles. The fraction of sp³-hybridized carbons (Fsp3) is 0. The average Bonchev–Trinajstić information content (AvgIpc) is 2.24. The Morgan fingerprint density at radius 2 is 1.88 bits per heavy atom. The third-order valence-corrected chi connectivity index (χ3v) is 2.66. The van der Waals surface area contributed by atoms with Crippen LogP contribution in [0.4, 0.5) is 17.1 Å². The summed E-state index contributed by atoms with van der Waals surface area (Å²) in [5.41, 5.74) is -0.357. The van der Waals surface area contributed by atoms with Crippen LogP contribution in [0.1, 0.15) is 0 Å². The molecule has 8 heteroatoms. The zero-order valence-electron chi connectivity index (χ0n) is 7.51.